The van der Waals surface area contributed by atoms with E-state index >= 15 is 0 Å². The lowest BCUT2D eigenvalue weighted by Gasteiger charge is -2.26. The Hall–Kier alpha value is -0.830. The van der Waals surface area contributed by atoms with E-state index in [1.165, 1.54) is 5.56 Å². The summed E-state index contributed by atoms with van der Waals surface area (Å²) < 4.78 is 1.86. The van der Waals surface area contributed by atoms with Crippen LogP contribution < -0.4 is 0 Å². The summed E-state index contributed by atoms with van der Waals surface area (Å²) in [6, 6.07) is 0.466. The molecule has 0 amide bonds. The minimum Gasteiger partial charge on any atom is -0.302 e. The number of hydrogen-bond donors (Lipinski definition) is 0. The molecule has 1 heterocycles. The SMILES string of the molecule is CC(C)[C@H](c1cnn(C)c1)N(C)C. The van der Waals surface area contributed by atoms with Gasteiger partial charge in [0.25, 0.3) is 0 Å². The van der Waals surface area contributed by atoms with Gasteiger partial charge in [0.1, 0.15) is 0 Å². The molecule has 0 N–H and O–H groups in total. The van der Waals surface area contributed by atoms with Crippen LogP contribution in [0.5, 0.6) is 0 Å². The molecule has 1 rings (SSSR count). The van der Waals surface area contributed by atoms with Crippen LogP contribution in [0.3, 0.4) is 0 Å². The van der Waals surface area contributed by atoms with Gasteiger partial charge >= 0.3 is 0 Å². The summed E-state index contributed by atoms with van der Waals surface area (Å²) in [5, 5.41) is 4.19. The van der Waals surface area contributed by atoms with E-state index in [9.17, 15) is 0 Å². The van der Waals surface area contributed by atoms with E-state index in [1.54, 1.807) is 0 Å². The van der Waals surface area contributed by atoms with Gasteiger partial charge in [-0.2, -0.15) is 5.10 Å². The normalized spacial score (nSPS) is 14.1. The van der Waals surface area contributed by atoms with Crippen molar-refractivity contribution in [2.24, 2.45) is 13.0 Å². The quantitative estimate of drug-likeness (QED) is 0.707. The highest BCUT2D eigenvalue weighted by atomic mass is 15.2. The third kappa shape index (κ3) is 2.31. The summed E-state index contributed by atoms with van der Waals surface area (Å²) in [7, 11) is 6.17. The van der Waals surface area contributed by atoms with Crippen molar-refractivity contribution in [3.05, 3.63) is 18.0 Å². The van der Waals surface area contributed by atoms with E-state index in [-0.39, 0.29) is 0 Å². The maximum atomic E-state index is 4.19. The lowest BCUT2D eigenvalue weighted by Crippen LogP contribution is -2.24. The monoisotopic (exact) mass is 181 g/mol. The number of aryl methyl sites for hydroxylation is 1. The molecular formula is C10H19N3. The molecule has 0 saturated carbocycles. The van der Waals surface area contributed by atoms with Crippen LogP contribution in [0.1, 0.15) is 25.5 Å². The Morgan fingerprint density at radius 2 is 2.00 bits per heavy atom. The van der Waals surface area contributed by atoms with E-state index < -0.39 is 0 Å². The molecule has 74 valence electrons. The first kappa shape index (κ1) is 10.3. The van der Waals surface area contributed by atoms with Crippen molar-refractivity contribution in [3.63, 3.8) is 0 Å². The molecule has 0 fully saturated rings. The van der Waals surface area contributed by atoms with Crippen molar-refractivity contribution in [2.45, 2.75) is 19.9 Å². The third-order valence-electron chi connectivity index (χ3n) is 2.25. The number of aromatic nitrogens is 2. The average Bonchev–Trinajstić information content (AvgIpc) is 2.34. The minimum absolute atomic E-state index is 0.466. The summed E-state index contributed by atoms with van der Waals surface area (Å²) in [4.78, 5) is 2.24. The fraction of sp³-hybridized carbons (Fsp3) is 0.700. The second-order valence-electron chi connectivity index (χ2n) is 4.10. The van der Waals surface area contributed by atoms with E-state index in [2.05, 4.69) is 44.1 Å². The van der Waals surface area contributed by atoms with Crippen LogP contribution in [-0.2, 0) is 7.05 Å². The van der Waals surface area contributed by atoms with Crippen LogP contribution in [0.25, 0.3) is 0 Å². The largest absolute Gasteiger partial charge is 0.302 e. The topological polar surface area (TPSA) is 21.1 Å². The van der Waals surface area contributed by atoms with E-state index in [0.717, 1.165) is 0 Å². The molecule has 13 heavy (non-hydrogen) atoms. The number of rotatable bonds is 3. The summed E-state index contributed by atoms with van der Waals surface area (Å²) in [6.07, 6.45) is 4.04. The van der Waals surface area contributed by atoms with Gasteiger partial charge in [-0.25, -0.2) is 0 Å². The Morgan fingerprint density at radius 3 is 2.31 bits per heavy atom. The van der Waals surface area contributed by atoms with Gasteiger partial charge in [-0.15, -0.1) is 0 Å². The second-order valence-corrected chi connectivity index (χ2v) is 4.10. The molecule has 0 aliphatic heterocycles. The fourth-order valence-corrected chi connectivity index (χ4v) is 1.87. The Balaban J connectivity index is 2.88. The molecule has 1 atom stereocenters. The zero-order valence-electron chi connectivity index (χ0n) is 9.15. The summed E-state index contributed by atoms with van der Waals surface area (Å²) in [6.45, 7) is 4.47. The van der Waals surface area contributed by atoms with Gasteiger partial charge in [-0.3, -0.25) is 4.68 Å². The van der Waals surface area contributed by atoms with Crippen molar-refractivity contribution in [1.82, 2.24) is 14.7 Å². The molecule has 3 heteroatoms. The van der Waals surface area contributed by atoms with Gasteiger partial charge in [0.05, 0.1) is 6.20 Å². The first-order valence-corrected chi connectivity index (χ1v) is 4.67. The summed E-state index contributed by atoms with van der Waals surface area (Å²) in [5.74, 6) is 0.610. The molecular weight excluding hydrogens is 162 g/mol. The number of nitrogens with zero attached hydrogens (tertiary/aromatic N) is 3. The zero-order chi connectivity index (χ0) is 10.0. The second kappa shape index (κ2) is 3.92. The third-order valence-corrected chi connectivity index (χ3v) is 2.25. The highest BCUT2D eigenvalue weighted by molar-refractivity contribution is 5.10. The fourth-order valence-electron chi connectivity index (χ4n) is 1.87. The Bertz CT molecular complexity index is 255. The van der Waals surface area contributed by atoms with E-state index in [4.69, 9.17) is 0 Å². The lowest BCUT2D eigenvalue weighted by atomic mass is 9.98. The summed E-state index contributed by atoms with van der Waals surface area (Å²) in [5.41, 5.74) is 1.29. The summed E-state index contributed by atoms with van der Waals surface area (Å²) >= 11 is 0. The lowest BCUT2D eigenvalue weighted by molar-refractivity contribution is 0.235. The molecule has 0 spiro atoms. The Kier molecular flexibility index (Phi) is 3.09. The average molecular weight is 181 g/mol. The van der Waals surface area contributed by atoms with Crippen molar-refractivity contribution < 1.29 is 0 Å². The molecule has 0 radical (unpaired) electrons. The Morgan fingerprint density at radius 1 is 1.38 bits per heavy atom. The van der Waals surface area contributed by atoms with Crippen LogP contribution in [0.4, 0.5) is 0 Å². The first-order chi connectivity index (χ1) is 6.02. The maximum Gasteiger partial charge on any atom is 0.0537 e. The predicted molar refractivity (Wildman–Crippen MR) is 54.5 cm³/mol. The maximum absolute atomic E-state index is 4.19. The van der Waals surface area contributed by atoms with Crippen LogP contribution >= 0.6 is 0 Å². The van der Waals surface area contributed by atoms with Crippen LogP contribution in [-0.4, -0.2) is 28.8 Å². The standard InChI is InChI=1S/C10H19N3/c1-8(2)10(12(3)4)9-6-11-13(5)7-9/h6-8,10H,1-5H3/t10-/m1/s1. The molecule has 1 aromatic rings. The van der Waals surface area contributed by atoms with Crippen molar-refractivity contribution in [3.8, 4) is 0 Å². The van der Waals surface area contributed by atoms with Gasteiger partial charge < -0.3 is 4.90 Å². The first-order valence-electron chi connectivity index (χ1n) is 4.67. The van der Waals surface area contributed by atoms with Crippen LogP contribution in [0.15, 0.2) is 12.4 Å². The van der Waals surface area contributed by atoms with Gasteiger partial charge in [0.15, 0.2) is 0 Å². The van der Waals surface area contributed by atoms with Crippen molar-refractivity contribution >= 4 is 0 Å². The molecule has 0 unspecified atom stereocenters. The minimum atomic E-state index is 0.466. The van der Waals surface area contributed by atoms with Crippen LogP contribution in [0.2, 0.25) is 0 Å². The molecule has 0 aromatic carbocycles. The Labute approximate surface area is 80.4 Å². The molecule has 0 aliphatic rings. The molecule has 0 bridgehead atoms. The smallest absolute Gasteiger partial charge is 0.0537 e. The van der Waals surface area contributed by atoms with E-state index in [1.807, 2.05) is 17.9 Å². The number of hydrogen-bond acceptors (Lipinski definition) is 2. The molecule has 1 aromatic heterocycles. The van der Waals surface area contributed by atoms with Gasteiger partial charge in [-0.05, 0) is 20.0 Å². The van der Waals surface area contributed by atoms with Gasteiger partial charge in [0.2, 0.25) is 0 Å². The predicted octanol–water partition coefficient (Wildman–Crippen LogP) is 1.68. The highest BCUT2D eigenvalue weighted by Crippen LogP contribution is 2.25. The van der Waals surface area contributed by atoms with Gasteiger partial charge in [-0.1, -0.05) is 13.8 Å². The molecule has 0 saturated heterocycles. The van der Waals surface area contributed by atoms with Crippen molar-refractivity contribution in [1.29, 1.82) is 0 Å². The van der Waals surface area contributed by atoms with E-state index in [0.29, 0.717) is 12.0 Å². The van der Waals surface area contributed by atoms with Gasteiger partial charge in [0, 0.05) is 24.8 Å². The molecule has 3 nitrogen and oxygen atoms in total. The van der Waals surface area contributed by atoms with Crippen LogP contribution in [0, 0.1) is 5.92 Å². The highest BCUT2D eigenvalue weighted by Gasteiger charge is 2.18. The zero-order valence-corrected chi connectivity index (χ0v) is 9.15. The molecule has 0 aliphatic carbocycles. The van der Waals surface area contributed by atoms with Crippen molar-refractivity contribution in [2.75, 3.05) is 14.1 Å².